The van der Waals surface area contributed by atoms with E-state index in [9.17, 15) is 19.7 Å². The Morgan fingerprint density at radius 1 is 1.10 bits per heavy atom. The molecule has 0 unspecified atom stereocenters. The third kappa shape index (κ3) is 5.22. The molecule has 2 fully saturated rings. The summed E-state index contributed by atoms with van der Waals surface area (Å²) in [6, 6.07) is 14.2. The number of rotatable bonds is 7. The van der Waals surface area contributed by atoms with Crippen molar-refractivity contribution in [1.82, 2.24) is 4.90 Å². The lowest BCUT2D eigenvalue weighted by atomic mass is 9.58. The Morgan fingerprint density at radius 2 is 1.79 bits per heavy atom. The van der Waals surface area contributed by atoms with Crippen molar-refractivity contribution < 1.29 is 24.4 Å². The van der Waals surface area contributed by atoms with Crippen LogP contribution in [0.1, 0.15) is 61.3 Å². The molecule has 1 aliphatic carbocycles. The van der Waals surface area contributed by atoms with Crippen LogP contribution in [0, 0.1) is 31.6 Å². The summed E-state index contributed by atoms with van der Waals surface area (Å²) in [6.45, 7) is 5.95. The van der Waals surface area contributed by atoms with Crippen LogP contribution >= 0.6 is 0 Å². The first kappa shape index (κ1) is 27.4. The maximum absolute atomic E-state index is 13.1. The molecule has 2 aromatic carbocycles. The highest BCUT2D eigenvalue weighted by Crippen LogP contribution is 2.51. The lowest BCUT2D eigenvalue weighted by Gasteiger charge is -2.43. The van der Waals surface area contributed by atoms with Crippen LogP contribution in [0.4, 0.5) is 0 Å². The number of phenols is 1. The van der Waals surface area contributed by atoms with E-state index in [-0.39, 0.29) is 29.8 Å². The number of aromatic hydroxyl groups is 1. The van der Waals surface area contributed by atoms with Crippen LogP contribution in [0.25, 0.3) is 11.6 Å². The van der Waals surface area contributed by atoms with Gasteiger partial charge in [-0.1, -0.05) is 55.3 Å². The van der Waals surface area contributed by atoms with Crippen LogP contribution in [0.5, 0.6) is 5.75 Å². The van der Waals surface area contributed by atoms with Gasteiger partial charge in [-0.25, -0.2) is 0 Å². The molecule has 0 radical (unpaired) electrons. The maximum Gasteiger partial charge on any atom is 0.455 e. The summed E-state index contributed by atoms with van der Waals surface area (Å²) in [5, 5.41) is 21.0. The van der Waals surface area contributed by atoms with Gasteiger partial charge < -0.3 is 14.8 Å². The molecule has 6 nitrogen and oxygen atoms in total. The fraction of sp³-hybridized carbons (Fsp3) is 0.438. The van der Waals surface area contributed by atoms with Gasteiger partial charge >= 0.3 is 7.12 Å². The van der Waals surface area contributed by atoms with Gasteiger partial charge in [0, 0.05) is 7.05 Å². The molecule has 2 saturated heterocycles. The van der Waals surface area contributed by atoms with E-state index < -0.39 is 13.0 Å². The van der Waals surface area contributed by atoms with Crippen molar-refractivity contribution in [3.8, 4) is 5.75 Å². The third-order valence-electron chi connectivity index (χ3n) is 8.75. The molecule has 0 saturated carbocycles. The number of carbonyl (C=O) groups is 2. The van der Waals surface area contributed by atoms with Crippen molar-refractivity contribution in [2.45, 2.75) is 65.3 Å². The van der Waals surface area contributed by atoms with E-state index in [1.807, 2.05) is 44.2 Å². The molecule has 7 heteroatoms. The summed E-state index contributed by atoms with van der Waals surface area (Å²) in [6.07, 6.45) is 5.97. The molecular formula is C32H38BNO5. The number of hydrogen-bond donors (Lipinski definition) is 2. The summed E-state index contributed by atoms with van der Waals surface area (Å²) < 4.78 is 6.19. The van der Waals surface area contributed by atoms with Crippen molar-refractivity contribution >= 4 is 30.6 Å². The van der Waals surface area contributed by atoms with Gasteiger partial charge in [0.1, 0.15) is 5.75 Å². The molecule has 204 valence electrons. The highest BCUT2D eigenvalue weighted by Gasteiger charge is 2.56. The van der Waals surface area contributed by atoms with Crippen molar-refractivity contribution in [3.05, 3.63) is 75.9 Å². The average Bonchev–Trinajstić information content (AvgIpc) is 3.13. The topological polar surface area (TPSA) is 87.1 Å². The first-order valence-electron chi connectivity index (χ1n) is 14.1. The number of carbonyl (C=O) groups excluding carboxylic acids is 2. The van der Waals surface area contributed by atoms with E-state index in [4.69, 9.17) is 4.65 Å². The van der Waals surface area contributed by atoms with Gasteiger partial charge in [-0.2, -0.15) is 0 Å². The molecule has 2 aromatic rings. The summed E-state index contributed by atoms with van der Waals surface area (Å²) >= 11 is 0. The van der Waals surface area contributed by atoms with Gasteiger partial charge in [0.15, 0.2) is 0 Å². The minimum atomic E-state index is -0.967. The zero-order chi connectivity index (χ0) is 27.8. The van der Waals surface area contributed by atoms with Crippen LogP contribution in [0.15, 0.2) is 53.6 Å². The number of nitrogens with zero attached hydrogens (tertiary/aromatic N) is 1. The fourth-order valence-corrected chi connectivity index (χ4v) is 6.97. The van der Waals surface area contributed by atoms with E-state index in [1.165, 1.54) is 10.5 Å². The second kappa shape index (κ2) is 11.1. The summed E-state index contributed by atoms with van der Waals surface area (Å²) in [5.41, 5.74) is 7.31. The molecule has 0 aromatic heterocycles. The lowest BCUT2D eigenvalue weighted by molar-refractivity contribution is -0.138. The van der Waals surface area contributed by atoms with Crippen LogP contribution < -0.4 is 0 Å². The van der Waals surface area contributed by atoms with E-state index in [0.29, 0.717) is 31.3 Å². The second-order valence-corrected chi connectivity index (χ2v) is 11.4. The molecule has 5 rings (SSSR count). The molecule has 0 spiro atoms. The van der Waals surface area contributed by atoms with Gasteiger partial charge in [0.25, 0.3) is 0 Å². The van der Waals surface area contributed by atoms with Crippen molar-refractivity contribution in [1.29, 1.82) is 0 Å². The van der Waals surface area contributed by atoms with Crippen molar-refractivity contribution in [3.63, 3.8) is 0 Å². The van der Waals surface area contributed by atoms with Crippen LogP contribution in [-0.4, -0.2) is 47.1 Å². The minimum absolute atomic E-state index is 0.0935. The SMILES string of the molecule is CCCC1=C2[C@@H](CC/C(=C/c3cc(C)c(O)c(C)c3)c3ccccc3)OB(O)C[C@@H]2[C@@H]2C(=O)N(C)C(=O)[C@@H]2C1. The molecule has 0 bridgehead atoms. The monoisotopic (exact) mass is 527 g/mol. The number of likely N-dealkylation sites (tertiary alicyclic amines) is 1. The summed E-state index contributed by atoms with van der Waals surface area (Å²) in [4.78, 5) is 27.4. The highest BCUT2D eigenvalue weighted by molar-refractivity contribution is 6.43. The molecule has 2 aliphatic heterocycles. The maximum atomic E-state index is 13.1. The Balaban J connectivity index is 1.49. The quantitative estimate of drug-likeness (QED) is 0.213. The number of benzene rings is 2. The molecule has 2 amide bonds. The molecule has 2 heterocycles. The van der Waals surface area contributed by atoms with Crippen LogP contribution in [-0.2, 0) is 14.2 Å². The highest BCUT2D eigenvalue weighted by atomic mass is 16.5. The predicted molar refractivity (Wildman–Crippen MR) is 154 cm³/mol. The number of phenolic OH excluding ortho intramolecular Hbond substituents is 1. The first-order chi connectivity index (χ1) is 18.7. The van der Waals surface area contributed by atoms with Crippen LogP contribution in [0.3, 0.4) is 0 Å². The van der Waals surface area contributed by atoms with E-state index in [0.717, 1.165) is 46.2 Å². The average molecular weight is 527 g/mol. The van der Waals surface area contributed by atoms with Crippen molar-refractivity contribution in [2.24, 2.45) is 17.8 Å². The third-order valence-corrected chi connectivity index (χ3v) is 8.75. The van der Waals surface area contributed by atoms with Gasteiger partial charge in [-0.15, -0.1) is 0 Å². The predicted octanol–water partition coefficient (Wildman–Crippen LogP) is 5.56. The Morgan fingerprint density at radius 3 is 2.46 bits per heavy atom. The number of imide groups is 1. The minimum Gasteiger partial charge on any atom is -0.507 e. The molecule has 2 N–H and O–H groups in total. The molecule has 4 atom stereocenters. The lowest BCUT2D eigenvalue weighted by Crippen LogP contribution is -2.46. The van der Waals surface area contributed by atoms with E-state index in [2.05, 4.69) is 25.1 Å². The molecular weight excluding hydrogens is 489 g/mol. The number of amides is 2. The zero-order valence-corrected chi connectivity index (χ0v) is 23.3. The standard InChI is InChI=1S/C32H38BNO5/c1-5-9-24-17-25-29(32(37)34(4)31(25)36)26-18-33(38)39-27(28(24)26)13-12-23(22-10-7-6-8-11-22)16-21-14-19(2)30(35)20(3)15-21/h6-8,10-11,14-16,25-27,29,35,38H,5,9,12-13,17-18H2,1-4H3/b23-16-/t25-,26+,27-,29-/m1/s1. The normalized spacial score (nSPS) is 25.3. The van der Waals surface area contributed by atoms with Gasteiger partial charge in [-0.3, -0.25) is 14.5 Å². The summed E-state index contributed by atoms with van der Waals surface area (Å²) in [7, 11) is 0.616. The van der Waals surface area contributed by atoms with Gasteiger partial charge in [0.05, 0.1) is 17.9 Å². The zero-order valence-electron chi connectivity index (χ0n) is 23.3. The van der Waals surface area contributed by atoms with Crippen LogP contribution in [0.2, 0.25) is 6.32 Å². The number of hydrogen-bond acceptors (Lipinski definition) is 5. The fourth-order valence-electron chi connectivity index (χ4n) is 6.97. The van der Waals surface area contributed by atoms with E-state index in [1.54, 1.807) is 7.05 Å². The Labute approximate surface area is 231 Å². The Hall–Kier alpha value is -3.16. The summed E-state index contributed by atoms with van der Waals surface area (Å²) in [5.74, 6) is -0.814. The number of aryl methyl sites for hydroxylation is 2. The van der Waals surface area contributed by atoms with Crippen molar-refractivity contribution in [2.75, 3.05) is 7.05 Å². The van der Waals surface area contributed by atoms with E-state index >= 15 is 0 Å². The first-order valence-corrected chi connectivity index (χ1v) is 14.1. The Kier molecular flexibility index (Phi) is 7.83. The number of fused-ring (bicyclic) bond motifs is 3. The van der Waals surface area contributed by atoms with Gasteiger partial charge in [-0.05, 0) is 97.3 Å². The molecule has 3 aliphatic rings. The van der Waals surface area contributed by atoms with Gasteiger partial charge in [0.2, 0.25) is 11.8 Å². The Bertz CT molecular complexity index is 1310. The number of allylic oxidation sites excluding steroid dienone is 2. The second-order valence-electron chi connectivity index (χ2n) is 11.4. The molecule has 39 heavy (non-hydrogen) atoms. The smallest absolute Gasteiger partial charge is 0.455 e. The largest absolute Gasteiger partial charge is 0.507 e.